The van der Waals surface area contributed by atoms with E-state index in [2.05, 4.69) is 19.5 Å². The molecule has 1 fully saturated rings. The number of hydrogen-bond acceptors (Lipinski definition) is 8. The highest BCUT2D eigenvalue weighted by Gasteiger charge is 2.55. The lowest BCUT2D eigenvalue weighted by Gasteiger charge is -2.24. The summed E-state index contributed by atoms with van der Waals surface area (Å²) in [6, 6.07) is 0. The molecule has 3 heterocycles. The van der Waals surface area contributed by atoms with E-state index in [0.29, 0.717) is 0 Å². The lowest BCUT2D eigenvalue weighted by Crippen LogP contribution is -2.40. The molecule has 0 amide bonds. The van der Waals surface area contributed by atoms with Crippen LogP contribution in [0.15, 0.2) is 11.1 Å². The maximum atomic E-state index is 15.0. The zero-order valence-electron chi connectivity index (χ0n) is 12.7. The van der Waals surface area contributed by atoms with Gasteiger partial charge in [-0.15, -0.1) is 0 Å². The predicted octanol–water partition coefficient (Wildman–Crippen LogP) is -1.20. The fraction of sp³-hybridized carbons (Fsp3) is 0.545. The van der Waals surface area contributed by atoms with Crippen molar-refractivity contribution in [3.05, 3.63) is 16.7 Å². The van der Waals surface area contributed by atoms with Crippen molar-refractivity contribution in [3.63, 3.8) is 0 Å². The van der Waals surface area contributed by atoms with Gasteiger partial charge in [-0.3, -0.25) is 18.9 Å². The van der Waals surface area contributed by atoms with Crippen LogP contribution in [0.2, 0.25) is 0 Å². The lowest BCUT2D eigenvalue weighted by molar-refractivity contribution is -0.0560. The van der Waals surface area contributed by atoms with Crippen molar-refractivity contribution < 1.29 is 33.1 Å². The van der Waals surface area contributed by atoms with Crippen molar-refractivity contribution >= 4 is 24.9 Å². The molecule has 0 aliphatic carbocycles. The van der Waals surface area contributed by atoms with Crippen LogP contribution in [-0.4, -0.2) is 58.9 Å². The number of phosphoric acid groups is 1. The molecule has 2 unspecified atom stereocenters. The van der Waals surface area contributed by atoms with Gasteiger partial charge in [-0.25, -0.2) is 13.9 Å². The maximum absolute atomic E-state index is 15.0. The first-order chi connectivity index (χ1) is 11.5. The third-order valence-corrected chi connectivity index (χ3v) is 4.31. The van der Waals surface area contributed by atoms with Gasteiger partial charge >= 0.3 is 7.82 Å². The molecule has 1 aliphatic heterocycles. The van der Waals surface area contributed by atoms with Gasteiger partial charge in [-0.05, 0) is 6.92 Å². The molecule has 6 N–H and O–H groups in total. The number of alkyl halides is 1. The highest BCUT2D eigenvalue weighted by Crippen LogP contribution is 2.44. The molecule has 0 bridgehead atoms. The Hall–Kier alpha value is -1.89. The Labute approximate surface area is 138 Å². The Bertz CT molecular complexity index is 908. The monoisotopic (exact) mass is 379 g/mol. The SMILES string of the molecule is CC1(F)C(O)[C@@H](COP(=O)(O)O)O[C@H]1n1cnc2c(=O)[nH]c(N)nc21. The number of anilines is 1. The Morgan fingerprint density at radius 2 is 2.28 bits per heavy atom. The summed E-state index contributed by atoms with van der Waals surface area (Å²) in [5.74, 6) is -0.222. The number of nitrogens with one attached hydrogen (secondary N) is 1. The summed E-state index contributed by atoms with van der Waals surface area (Å²) in [6.45, 7) is 0.284. The average Bonchev–Trinajstić information content (AvgIpc) is 2.97. The molecule has 0 spiro atoms. The number of aromatic amines is 1. The molecule has 1 saturated heterocycles. The molecule has 3 rings (SSSR count). The first-order valence-corrected chi connectivity index (χ1v) is 8.48. The highest BCUT2D eigenvalue weighted by atomic mass is 31.2. The zero-order valence-corrected chi connectivity index (χ0v) is 13.6. The summed E-state index contributed by atoms with van der Waals surface area (Å²) in [5, 5.41) is 10.1. The standard InChI is InChI=1S/C11H15FN5O7P/c1-11(12)6(18)4(2-23-25(20,21)22)24-9(11)17-3-14-5-7(17)15-10(13)16-8(5)19/h3-4,6,9,18H,2H2,1H3,(H2,20,21,22)(H3,13,15,16,19)/t4-,6?,9-,11?/m1/s1. The molecule has 12 nitrogen and oxygen atoms in total. The van der Waals surface area contributed by atoms with E-state index < -0.39 is 44.1 Å². The molecule has 1 aliphatic rings. The molecule has 4 atom stereocenters. The number of rotatable bonds is 4. The summed E-state index contributed by atoms with van der Waals surface area (Å²) >= 11 is 0. The van der Waals surface area contributed by atoms with Crippen LogP contribution < -0.4 is 11.3 Å². The quantitative estimate of drug-likeness (QED) is 0.404. The maximum Gasteiger partial charge on any atom is 0.469 e. The van der Waals surface area contributed by atoms with Gasteiger partial charge in [-0.2, -0.15) is 4.98 Å². The van der Waals surface area contributed by atoms with Crippen LogP contribution in [0.4, 0.5) is 10.3 Å². The van der Waals surface area contributed by atoms with Crippen LogP contribution >= 0.6 is 7.82 Å². The number of nitrogens with zero attached hydrogens (tertiary/aromatic N) is 3. The first-order valence-electron chi connectivity index (χ1n) is 6.95. The minimum atomic E-state index is -4.83. The summed E-state index contributed by atoms with van der Waals surface area (Å²) < 4.78 is 36.5. The number of imidazole rings is 1. The number of aromatic nitrogens is 4. The van der Waals surface area contributed by atoms with Crippen molar-refractivity contribution in [1.82, 2.24) is 19.5 Å². The molecule has 0 radical (unpaired) electrons. The molecule has 0 saturated carbocycles. The number of halogens is 1. The fourth-order valence-corrected chi connectivity index (χ4v) is 2.98. The van der Waals surface area contributed by atoms with E-state index in [4.69, 9.17) is 20.3 Å². The number of ether oxygens (including phenoxy) is 1. The van der Waals surface area contributed by atoms with Crippen LogP contribution in [0.3, 0.4) is 0 Å². The van der Waals surface area contributed by atoms with Crippen molar-refractivity contribution in [2.45, 2.75) is 31.0 Å². The number of aliphatic hydroxyl groups is 1. The van der Waals surface area contributed by atoms with Crippen molar-refractivity contribution in [2.75, 3.05) is 12.3 Å². The number of phosphoric ester groups is 1. The molecular weight excluding hydrogens is 364 g/mol. The zero-order chi connectivity index (χ0) is 18.6. The van der Waals surface area contributed by atoms with Crippen LogP contribution in [0.25, 0.3) is 11.2 Å². The second-order valence-electron chi connectivity index (χ2n) is 5.68. The number of fused-ring (bicyclic) bond motifs is 1. The number of aliphatic hydroxyl groups excluding tert-OH is 1. The Balaban J connectivity index is 1.97. The van der Waals surface area contributed by atoms with E-state index in [0.717, 1.165) is 17.8 Å². The van der Waals surface area contributed by atoms with Gasteiger partial charge < -0.3 is 25.4 Å². The van der Waals surface area contributed by atoms with Crippen LogP contribution in [0, 0.1) is 0 Å². The normalized spacial score (nSPS) is 30.2. The number of hydrogen-bond donors (Lipinski definition) is 5. The summed E-state index contributed by atoms with van der Waals surface area (Å²) in [5.41, 5.74) is 2.26. The first kappa shape index (κ1) is 17.9. The van der Waals surface area contributed by atoms with Crippen LogP contribution in [-0.2, 0) is 13.8 Å². The lowest BCUT2D eigenvalue weighted by atomic mass is 9.98. The van der Waals surface area contributed by atoms with E-state index in [9.17, 15) is 14.5 Å². The second kappa shape index (κ2) is 5.83. The van der Waals surface area contributed by atoms with E-state index in [1.165, 1.54) is 0 Å². The average molecular weight is 379 g/mol. The van der Waals surface area contributed by atoms with E-state index in [-0.39, 0.29) is 17.1 Å². The van der Waals surface area contributed by atoms with E-state index in [1.54, 1.807) is 0 Å². The van der Waals surface area contributed by atoms with Gasteiger partial charge in [-0.1, -0.05) is 0 Å². The highest BCUT2D eigenvalue weighted by molar-refractivity contribution is 7.46. The number of nitrogen functional groups attached to an aromatic ring is 1. The third-order valence-electron chi connectivity index (χ3n) is 3.83. The van der Waals surface area contributed by atoms with E-state index >= 15 is 4.39 Å². The topological polar surface area (TPSA) is 186 Å². The molecule has 25 heavy (non-hydrogen) atoms. The molecule has 0 aromatic carbocycles. The Kier molecular flexibility index (Phi) is 4.18. The second-order valence-corrected chi connectivity index (χ2v) is 6.92. The number of H-pyrrole nitrogens is 1. The molecular formula is C11H15FN5O7P. The van der Waals surface area contributed by atoms with Crippen molar-refractivity contribution in [3.8, 4) is 0 Å². The van der Waals surface area contributed by atoms with Crippen molar-refractivity contribution in [1.29, 1.82) is 0 Å². The van der Waals surface area contributed by atoms with E-state index in [1.807, 2.05) is 0 Å². The minimum absolute atomic E-state index is 0.0705. The van der Waals surface area contributed by atoms with Gasteiger partial charge in [0, 0.05) is 0 Å². The molecule has 2 aromatic heterocycles. The van der Waals surface area contributed by atoms with Gasteiger partial charge in [0.15, 0.2) is 23.1 Å². The Morgan fingerprint density at radius 3 is 2.92 bits per heavy atom. The molecule has 138 valence electrons. The van der Waals surface area contributed by atoms with Crippen LogP contribution in [0.1, 0.15) is 13.2 Å². The van der Waals surface area contributed by atoms with Crippen molar-refractivity contribution in [2.24, 2.45) is 0 Å². The summed E-state index contributed by atoms with van der Waals surface area (Å²) in [6.07, 6.45) is -3.52. The minimum Gasteiger partial charge on any atom is -0.387 e. The van der Waals surface area contributed by atoms with Gasteiger partial charge in [0.1, 0.15) is 12.2 Å². The Morgan fingerprint density at radius 1 is 1.60 bits per heavy atom. The summed E-state index contributed by atoms with van der Waals surface area (Å²) in [7, 11) is -4.83. The van der Waals surface area contributed by atoms with Gasteiger partial charge in [0.2, 0.25) is 5.95 Å². The third kappa shape index (κ3) is 3.17. The van der Waals surface area contributed by atoms with Crippen LogP contribution in [0.5, 0.6) is 0 Å². The number of nitrogens with two attached hydrogens (primary N) is 1. The largest absolute Gasteiger partial charge is 0.469 e. The van der Waals surface area contributed by atoms with Gasteiger partial charge in [0.25, 0.3) is 5.56 Å². The predicted molar refractivity (Wildman–Crippen MR) is 80.0 cm³/mol. The van der Waals surface area contributed by atoms with Gasteiger partial charge in [0.05, 0.1) is 12.9 Å². The smallest absolute Gasteiger partial charge is 0.387 e. The molecule has 2 aromatic rings. The summed E-state index contributed by atoms with van der Waals surface area (Å²) in [4.78, 5) is 39.2. The fourth-order valence-electron chi connectivity index (χ4n) is 2.64. The molecule has 14 heteroatoms.